The van der Waals surface area contributed by atoms with E-state index in [2.05, 4.69) is 10.2 Å². The van der Waals surface area contributed by atoms with Gasteiger partial charge in [0.25, 0.3) is 0 Å². The lowest BCUT2D eigenvalue weighted by atomic mass is 10.1. The van der Waals surface area contributed by atoms with Gasteiger partial charge < -0.3 is 10.2 Å². The van der Waals surface area contributed by atoms with Gasteiger partial charge in [0.15, 0.2) is 0 Å². The minimum atomic E-state index is -0.282. The fourth-order valence-electron chi connectivity index (χ4n) is 2.17. The zero-order chi connectivity index (χ0) is 11.5. The van der Waals surface area contributed by atoms with Crippen molar-refractivity contribution in [3.8, 4) is 0 Å². The first-order chi connectivity index (χ1) is 7.70. The van der Waals surface area contributed by atoms with E-state index in [1.54, 1.807) is 6.07 Å². The van der Waals surface area contributed by atoms with E-state index in [-0.39, 0.29) is 5.82 Å². The first-order valence-electron chi connectivity index (χ1n) is 5.58. The highest BCUT2D eigenvalue weighted by Gasteiger charge is 2.20. The van der Waals surface area contributed by atoms with Crippen LogP contribution < -0.4 is 10.2 Å². The van der Waals surface area contributed by atoms with Gasteiger partial charge in [-0.05, 0) is 38.1 Å². The van der Waals surface area contributed by atoms with Crippen molar-refractivity contribution >= 4 is 17.3 Å². The summed E-state index contributed by atoms with van der Waals surface area (Å²) in [7, 11) is 1.97. The number of anilines is 1. The number of piperidine rings is 1. The van der Waals surface area contributed by atoms with Crippen molar-refractivity contribution in [3.63, 3.8) is 0 Å². The average molecular weight is 243 g/mol. The molecule has 0 spiro atoms. The third-order valence-corrected chi connectivity index (χ3v) is 3.38. The summed E-state index contributed by atoms with van der Waals surface area (Å²) in [5.41, 5.74) is 0.933. The molecule has 1 aromatic carbocycles. The molecule has 0 aliphatic carbocycles. The third kappa shape index (κ3) is 2.47. The second-order valence-electron chi connectivity index (χ2n) is 4.17. The molecule has 2 rings (SSSR count). The van der Waals surface area contributed by atoms with Gasteiger partial charge >= 0.3 is 0 Å². The van der Waals surface area contributed by atoms with Gasteiger partial charge in [-0.25, -0.2) is 4.39 Å². The van der Waals surface area contributed by atoms with E-state index in [0.29, 0.717) is 11.1 Å². The summed E-state index contributed by atoms with van der Waals surface area (Å²) in [6, 6.07) is 5.09. The highest BCUT2D eigenvalue weighted by molar-refractivity contribution is 6.33. The monoisotopic (exact) mass is 242 g/mol. The highest BCUT2D eigenvalue weighted by atomic mass is 35.5. The molecule has 1 aliphatic rings. The molecule has 4 heteroatoms. The van der Waals surface area contributed by atoms with Gasteiger partial charge in [0.05, 0.1) is 10.7 Å². The van der Waals surface area contributed by atoms with Gasteiger partial charge in [0, 0.05) is 19.1 Å². The molecule has 0 aromatic heterocycles. The zero-order valence-electron chi connectivity index (χ0n) is 9.34. The van der Waals surface area contributed by atoms with Crippen LogP contribution in [0.4, 0.5) is 10.1 Å². The molecule has 0 amide bonds. The summed E-state index contributed by atoms with van der Waals surface area (Å²) in [4.78, 5) is 2.21. The van der Waals surface area contributed by atoms with Gasteiger partial charge in [-0.1, -0.05) is 11.6 Å². The molecule has 1 heterocycles. The van der Waals surface area contributed by atoms with Crippen LogP contribution in [0.5, 0.6) is 0 Å². The Kier molecular flexibility index (Phi) is 3.66. The van der Waals surface area contributed by atoms with Crippen LogP contribution in [-0.2, 0) is 0 Å². The summed E-state index contributed by atoms with van der Waals surface area (Å²) >= 11 is 6.05. The third-order valence-electron chi connectivity index (χ3n) is 3.08. The Labute approximate surface area is 100 Å². The van der Waals surface area contributed by atoms with Crippen LogP contribution in [0.15, 0.2) is 18.2 Å². The zero-order valence-corrected chi connectivity index (χ0v) is 10.1. The van der Waals surface area contributed by atoms with Gasteiger partial charge in [0.1, 0.15) is 5.82 Å². The van der Waals surface area contributed by atoms with Crippen LogP contribution in [0.3, 0.4) is 0 Å². The standard InChI is InChI=1S/C12H16ClFN2/c1-15-10-3-2-6-16(8-10)12-5-4-9(14)7-11(12)13/h4-5,7,10,15H,2-3,6,8H2,1H3. The van der Waals surface area contributed by atoms with Gasteiger partial charge in [0.2, 0.25) is 0 Å². The molecule has 1 atom stereocenters. The quantitative estimate of drug-likeness (QED) is 0.858. The first kappa shape index (κ1) is 11.7. The Balaban J connectivity index is 2.16. The molecule has 88 valence electrons. The Morgan fingerprint density at radius 3 is 3.00 bits per heavy atom. The molecule has 1 saturated heterocycles. The van der Waals surface area contributed by atoms with Gasteiger partial charge in [-0.2, -0.15) is 0 Å². The summed E-state index contributed by atoms with van der Waals surface area (Å²) in [5, 5.41) is 3.77. The van der Waals surface area contributed by atoms with Crippen LogP contribution in [-0.4, -0.2) is 26.2 Å². The van der Waals surface area contributed by atoms with E-state index in [0.717, 1.165) is 25.2 Å². The molecule has 1 unspecified atom stereocenters. The van der Waals surface area contributed by atoms with Crippen molar-refractivity contribution in [2.24, 2.45) is 0 Å². The number of nitrogens with one attached hydrogen (secondary N) is 1. The minimum absolute atomic E-state index is 0.282. The van der Waals surface area contributed by atoms with Crippen molar-refractivity contribution in [1.29, 1.82) is 0 Å². The molecule has 0 bridgehead atoms. The summed E-state index contributed by atoms with van der Waals surface area (Å²) in [6.45, 7) is 1.92. The molecule has 1 N–H and O–H groups in total. The van der Waals surface area contributed by atoms with Crippen LogP contribution in [0.2, 0.25) is 5.02 Å². The fraction of sp³-hybridized carbons (Fsp3) is 0.500. The van der Waals surface area contributed by atoms with Crippen molar-refractivity contribution < 1.29 is 4.39 Å². The molecule has 1 fully saturated rings. The van der Waals surface area contributed by atoms with Gasteiger partial charge in [-0.3, -0.25) is 0 Å². The second-order valence-corrected chi connectivity index (χ2v) is 4.58. The lowest BCUT2D eigenvalue weighted by molar-refractivity contribution is 0.449. The predicted octanol–water partition coefficient (Wildman–Crippen LogP) is 2.67. The Bertz CT molecular complexity index is 370. The van der Waals surface area contributed by atoms with Crippen LogP contribution in [0, 0.1) is 5.82 Å². The van der Waals surface area contributed by atoms with E-state index in [4.69, 9.17) is 11.6 Å². The number of hydrogen-bond acceptors (Lipinski definition) is 2. The maximum atomic E-state index is 12.9. The largest absolute Gasteiger partial charge is 0.369 e. The Morgan fingerprint density at radius 2 is 2.31 bits per heavy atom. The van der Waals surface area contributed by atoms with Crippen LogP contribution in [0.1, 0.15) is 12.8 Å². The maximum Gasteiger partial charge on any atom is 0.124 e. The summed E-state index contributed by atoms with van der Waals surface area (Å²) < 4.78 is 12.9. The van der Waals surface area contributed by atoms with E-state index in [1.165, 1.54) is 18.6 Å². The molecule has 16 heavy (non-hydrogen) atoms. The lowest BCUT2D eigenvalue weighted by Crippen LogP contribution is -2.44. The molecule has 1 aliphatic heterocycles. The maximum absolute atomic E-state index is 12.9. The normalized spacial score (nSPS) is 21.2. The first-order valence-corrected chi connectivity index (χ1v) is 5.96. The van der Waals surface area contributed by atoms with E-state index in [9.17, 15) is 4.39 Å². The minimum Gasteiger partial charge on any atom is -0.369 e. The molecular formula is C12H16ClFN2. The molecule has 0 radical (unpaired) electrons. The lowest BCUT2D eigenvalue weighted by Gasteiger charge is -2.34. The Hall–Kier alpha value is -0.800. The highest BCUT2D eigenvalue weighted by Crippen LogP contribution is 2.28. The smallest absolute Gasteiger partial charge is 0.124 e. The number of rotatable bonds is 2. The van der Waals surface area contributed by atoms with Crippen molar-refractivity contribution in [3.05, 3.63) is 29.0 Å². The molecular weight excluding hydrogens is 227 g/mol. The number of hydrogen-bond donors (Lipinski definition) is 1. The Morgan fingerprint density at radius 1 is 1.50 bits per heavy atom. The van der Waals surface area contributed by atoms with E-state index >= 15 is 0 Å². The number of halogens is 2. The van der Waals surface area contributed by atoms with Crippen LogP contribution >= 0.6 is 11.6 Å². The molecule has 2 nitrogen and oxygen atoms in total. The van der Waals surface area contributed by atoms with E-state index < -0.39 is 0 Å². The fourth-order valence-corrected chi connectivity index (χ4v) is 2.46. The summed E-state index contributed by atoms with van der Waals surface area (Å²) in [6.07, 6.45) is 2.32. The number of benzene rings is 1. The van der Waals surface area contributed by atoms with E-state index in [1.807, 2.05) is 7.05 Å². The van der Waals surface area contributed by atoms with Crippen molar-refractivity contribution in [1.82, 2.24) is 5.32 Å². The van der Waals surface area contributed by atoms with Crippen molar-refractivity contribution in [2.45, 2.75) is 18.9 Å². The second kappa shape index (κ2) is 5.02. The SMILES string of the molecule is CNC1CCCN(c2ccc(F)cc2Cl)C1. The van der Waals surface area contributed by atoms with Gasteiger partial charge in [-0.15, -0.1) is 0 Å². The predicted molar refractivity (Wildman–Crippen MR) is 65.7 cm³/mol. The molecule has 1 aromatic rings. The average Bonchev–Trinajstić information content (AvgIpc) is 2.29. The topological polar surface area (TPSA) is 15.3 Å². The number of likely N-dealkylation sites (N-methyl/N-ethyl adjacent to an activating group) is 1. The summed E-state index contributed by atoms with van der Waals surface area (Å²) in [5.74, 6) is -0.282. The molecule has 0 saturated carbocycles. The van der Waals surface area contributed by atoms with Crippen molar-refractivity contribution in [2.75, 3.05) is 25.0 Å². The van der Waals surface area contributed by atoms with Crippen LogP contribution in [0.25, 0.3) is 0 Å². The number of nitrogens with zero attached hydrogens (tertiary/aromatic N) is 1.